The number of rotatable bonds is 2. The van der Waals surface area contributed by atoms with E-state index in [9.17, 15) is 9.59 Å². The molecule has 7 heteroatoms. The molecular formula is C16H20N4O3. The summed E-state index contributed by atoms with van der Waals surface area (Å²) in [5.74, 6) is -0.105. The van der Waals surface area contributed by atoms with Crippen LogP contribution < -0.4 is 5.56 Å². The summed E-state index contributed by atoms with van der Waals surface area (Å²) in [7, 11) is 0. The minimum absolute atomic E-state index is 0.105. The number of pyridine rings is 1. The summed E-state index contributed by atoms with van der Waals surface area (Å²) < 4.78 is 5.59. The lowest BCUT2D eigenvalue weighted by molar-refractivity contribution is -0.00308. The van der Waals surface area contributed by atoms with Gasteiger partial charge in [0.05, 0.1) is 30.5 Å². The standard InChI is InChI=1S/C16H20N4O3/c1-9-6-14(21)17-7-12(9)16(22)20-4-5-23-8-13(20)15-10(2)18-19-11(15)3/h6-7,13H,4-5,8H2,1-3H3,(H,17,21)(H,18,19). The molecule has 0 bridgehead atoms. The summed E-state index contributed by atoms with van der Waals surface area (Å²) in [5.41, 5.74) is 3.78. The van der Waals surface area contributed by atoms with Crippen LogP contribution in [-0.2, 0) is 4.74 Å². The number of nitrogens with one attached hydrogen (secondary N) is 2. The van der Waals surface area contributed by atoms with E-state index in [1.165, 1.54) is 12.3 Å². The van der Waals surface area contributed by atoms with E-state index in [-0.39, 0.29) is 17.5 Å². The monoisotopic (exact) mass is 316 g/mol. The minimum atomic E-state index is -0.209. The van der Waals surface area contributed by atoms with Crippen molar-refractivity contribution in [2.24, 2.45) is 0 Å². The van der Waals surface area contributed by atoms with E-state index in [4.69, 9.17) is 4.74 Å². The predicted molar refractivity (Wildman–Crippen MR) is 84.5 cm³/mol. The van der Waals surface area contributed by atoms with E-state index < -0.39 is 0 Å². The van der Waals surface area contributed by atoms with Gasteiger partial charge in [-0.15, -0.1) is 0 Å². The topological polar surface area (TPSA) is 91.1 Å². The zero-order chi connectivity index (χ0) is 16.6. The molecule has 0 aromatic carbocycles. The second-order valence-electron chi connectivity index (χ2n) is 5.83. The summed E-state index contributed by atoms with van der Waals surface area (Å²) in [6.07, 6.45) is 1.49. The highest BCUT2D eigenvalue weighted by molar-refractivity contribution is 5.95. The van der Waals surface area contributed by atoms with E-state index >= 15 is 0 Å². The number of nitrogens with zero attached hydrogens (tertiary/aromatic N) is 2. The van der Waals surface area contributed by atoms with Crippen LogP contribution in [0.4, 0.5) is 0 Å². The molecule has 7 nitrogen and oxygen atoms in total. The third-order valence-corrected chi connectivity index (χ3v) is 4.27. The second kappa shape index (κ2) is 6.00. The Balaban J connectivity index is 1.98. The molecule has 1 atom stereocenters. The molecule has 1 fully saturated rings. The maximum Gasteiger partial charge on any atom is 0.256 e. The minimum Gasteiger partial charge on any atom is -0.377 e. The van der Waals surface area contributed by atoms with Crippen molar-refractivity contribution in [2.45, 2.75) is 26.8 Å². The average molecular weight is 316 g/mol. The van der Waals surface area contributed by atoms with E-state index in [0.717, 1.165) is 17.0 Å². The number of ether oxygens (including phenoxy) is 1. The number of aromatic amines is 2. The van der Waals surface area contributed by atoms with Crippen molar-refractivity contribution in [1.29, 1.82) is 0 Å². The molecule has 0 radical (unpaired) electrons. The average Bonchev–Trinajstić information content (AvgIpc) is 2.85. The molecule has 1 saturated heterocycles. The third kappa shape index (κ3) is 2.79. The van der Waals surface area contributed by atoms with Crippen molar-refractivity contribution >= 4 is 5.91 Å². The highest BCUT2D eigenvalue weighted by atomic mass is 16.5. The predicted octanol–water partition coefficient (Wildman–Crippen LogP) is 1.24. The molecule has 0 aliphatic carbocycles. The fraction of sp³-hybridized carbons (Fsp3) is 0.438. The van der Waals surface area contributed by atoms with Crippen LogP contribution in [0.2, 0.25) is 0 Å². The van der Waals surface area contributed by atoms with E-state index in [2.05, 4.69) is 15.2 Å². The zero-order valence-corrected chi connectivity index (χ0v) is 13.5. The first-order valence-electron chi connectivity index (χ1n) is 7.58. The Hall–Kier alpha value is -2.41. The van der Waals surface area contributed by atoms with Crippen molar-refractivity contribution < 1.29 is 9.53 Å². The molecule has 1 aliphatic heterocycles. The zero-order valence-electron chi connectivity index (χ0n) is 13.5. The van der Waals surface area contributed by atoms with Crippen molar-refractivity contribution in [2.75, 3.05) is 19.8 Å². The summed E-state index contributed by atoms with van der Waals surface area (Å²) in [6.45, 7) is 7.08. The second-order valence-corrected chi connectivity index (χ2v) is 5.83. The van der Waals surface area contributed by atoms with Gasteiger partial charge in [-0.05, 0) is 26.3 Å². The first-order valence-corrected chi connectivity index (χ1v) is 7.58. The van der Waals surface area contributed by atoms with Crippen molar-refractivity contribution in [1.82, 2.24) is 20.1 Å². The number of aromatic nitrogens is 3. The maximum atomic E-state index is 13.0. The van der Waals surface area contributed by atoms with Gasteiger partial charge in [0, 0.05) is 30.1 Å². The van der Waals surface area contributed by atoms with Crippen molar-refractivity contribution in [3.8, 4) is 0 Å². The first kappa shape index (κ1) is 15.5. The molecule has 1 unspecified atom stereocenters. The molecule has 0 saturated carbocycles. The number of carbonyl (C=O) groups excluding carboxylic acids is 1. The highest BCUT2D eigenvalue weighted by Crippen LogP contribution is 2.29. The van der Waals surface area contributed by atoms with Crippen LogP contribution in [0.15, 0.2) is 17.1 Å². The SMILES string of the molecule is Cc1cc(=O)[nH]cc1C(=O)N1CCOCC1c1c(C)n[nH]c1C. The van der Waals surface area contributed by atoms with Crippen LogP contribution in [0.3, 0.4) is 0 Å². The maximum absolute atomic E-state index is 13.0. The fourth-order valence-corrected chi connectivity index (χ4v) is 3.09. The van der Waals surface area contributed by atoms with Gasteiger partial charge in [-0.3, -0.25) is 14.7 Å². The van der Waals surface area contributed by atoms with Gasteiger partial charge >= 0.3 is 0 Å². The molecule has 0 spiro atoms. The first-order chi connectivity index (χ1) is 11.0. The number of hydrogen-bond acceptors (Lipinski definition) is 4. The van der Waals surface area contributed by atoms with E-state index in [0.29, 0.717) is 30.9 Å². The largest absolute Gasteiger partial charge is 0.377 e. The Morgan fingerprint density at radius 1 is 1.39 bits per heavy atom. The molecule has 2 aromatic rings. The summed E-state index contributed by atoms with van der Waals surface area (Å²) >= 11 is 0. The van der Waals surface area contributed by atoms with E-state index in [1.54, 1.807) is 11.8 Å². The molecule has 1 amide bonds. The number of amides is 1. The van der Waals surface area contributed by atoms with Gasteiger partial charge in [-0.2, -0.15) is 5.10 Å². The smallest absolute Gasteiger partial charge is 0.256 e. The van der Waals surface area contributed by atoms with Crippen LogP contribution in [0.1, 0.15) is 38.9 Å². The summed E-state index contributed by atoms with van der Waals surface area (Å²) in [6, 6.07) is 1.26. The van der Waals surface area contributed by atoms with Gasteiger partial charge in [0.1, 0.15) is 0 Å². The lowest BCUT2D eigenvalue weighted by Gasteiger charge is -2.36. The fourth-order valence-electron chi connectivity index (χ4n) is 3.09. The third-order valence-electron chi connectivity index (χ3n) is 4.27. The molecule has 122 valence electrons. The molecule has 2 aromatic heterocycles. The van der Waals surface area contributed by atoms with Crippen molar-refractivity contribution in [3.63, 3.8) is 0 Å². The van der Waals surface area contributed by atoms with Crippen LogP contribution >= 0.6 is 0 Å². The lowest BCUT2D eigenvalue weighted by atomic mass is 10.0. The van der Waals surface area contributed by atoms with Crippen LogP contribution in [0.5, 0.6) is 0 Å². The highest BCUT2D eigenvalue weighted by Gasteiger charge is 2.32. The molecule has 23 heavy (non-hydrogen) atoms. The molecule has 1 aliphatic rings. The summed E-state index contributed by atoms with van der Waals surface area (Å²) in [4.78, 5) is 28.7. The Kier molecular flexibility index (Phi) is 4.04. The quantitative estimate of drug-likeness (QED) is 0.872. The van der Waals surface area contributed by atoms with Gasteiger partial charge in [0.25, 0.3) is 5.91 Å². The Labute approximate surface area is 133 Å². The molecule has 3 rings (SSSR count). The van der Waals surface area contributed by atoms with Gasteiger partial charge in [-0.25, -0.2) is 0 Å². The number of hydrogen-bond donors (Lipinski definition) is 2. The van der Waals surface area contributed by atoms with E-state index in [1.807, 2.05) is 13.8 Å². The van der Waals surface area contributed by atoms with Crippen LogP contribution in [-0.4, -0.2) is 45.7 Å². The molecule has 3 heterocycles. The normalized spacial score (nSPS) is 18.2. The molecule has 2 N–H and O–H groups in total. The van der Waals surface area contributed by atoms with Crippen LogP contribution in [0.25, 0.3) is 0 Å². The molecular weight excluding hydrogens is 296 g/mol. The number of aryl methyl sites for hydroxylation is 3. The number of morpholine rings is 1. The van der Waals surface area contributed by atoms with Gasteiger partial charge in [-0.1, -0.05) is 0 Å². The lowest BCUT2D eigenvalue weighted by Crippen LogP contribution is -2.44. The van der Waals surface area contributed by atoms with Gasteiger partial charge < -0.3 is 14.6 Å². The Morgan fingerprint density at radius 2 is 2.17 bits per heavy atom. The number of carbonyl (C=O) groups is 1. The van der Waals surface area contributed by atoms with Gasteiger partial charge in [0.15, 0.2) is 0 Å². The number of H-pyrrole nitrogens is 2. The Bertz CT molecular complexity index is 773. The Morgan fingerprint density at radius 3 is 2.83 bits per heavy atom. The van der Waals surface area contributed by atoms with Crippen molar-refractivity contribution in [3.05, 3.63) is 50.7 Å². The van der Waals surface area contributed by atoms with Crippen LogP contribution in [0, 0.1) is 20.8 Å². The van der Waals surface area contributed by atoms with Gasteiger partial charge in [0.2, 0.25) is 5.56 Å². The summed E-state index contributed by atoms with van der Waals surface area (Å²) in [5, 5.41) is 7.18.